The molecule has 1 aromatic heterocycles. The van der Waals surface area contributed by atoms with E-state index in [2.05, 4.69) is 20.3 Å². The smallest absolute Gasteiger partial charge is 0.234 e. The van der Waals surface area contributed by atoms with Crippen LogP contribution in [0.2, 0.25) is 0 Å². The summed E-state index contributed by atoms with van der Waals surface area (Å²) in [6.45, 7) is 2.39. The molecule has 1 aromatic rings. The largest absolute Gasteiger partial charge is 0.352 e. The fourth-order valence-corrected chi connectivity index (χ4v) is 3.97. The van der Waals surface area contributed by atoms with Crippen molar-refractivity contribution < 1.29 is 4.79 Å². The summed E-state index contributed by atoms with van der Waals surface area (Å²) >= 11 is 0. The van der Waals surface area contributed by atoms with Crippen LogP contribution in [-0.2, 0) is 11.3 Å². The van der Waals surface area contributed by atoms with Gasteiger partial charge in [-0.25, -0.2) is 4.98 Å². The van der Waals surface area contributed by atoms with Crippen molar-refractivity contribution in [2.24, 2.45) is 11.8 Å². The van der Waals surface area contributed by atoms with Crippen LogP contribution in [0.25, 0.3) is 0 Å². The molecule has 0 aromatic carbocycles. The molecule has 0 radical (unpaired) electrons. The van der Waals surface area contributed by atoms with Crippen molar-refractivity contribution in [1.82, 2.24) is 25.0 Å². The standard InChI is InChI=1S/C17H27N5O/c23-16(20-17(13-4-5-13)14-6-7-14)10-21-8-2-1-3-15(21)9-22-12-18-11-19-22/h11-15,17H,1-10H2,(H,20,23)/t15-/m0/s1. The Bertz CT molecular complexity index is 511. The number of hydrogen-bond donors (Lipinski definition) is 1. The van der Waals surface area contributed by atoms with E-state index in [1.165, 1.54) is 38.5 Å². The minimum Gasteiger partial charge on any atom is -0.352 e. The minimum absolute atomic E-state index is 0.222. The molecule has 1 atom stereocenters. The Hall–Kier alpha value is -1.43. The number of nitrogens with one attached hydrogen (secondary N) is 1. The molecule has 3 aliphatic rings. The van der Waals surface area contributed by atoms with Crippen molar-refractivity contribution in [2.75, 3.05) is 13.1 Å². The van der Waals surface area contributed by atoms with Crippen LogP contribution in [-0.4, -0.2) is 50.7 Å². The van der Waals surface area contributed by atoms with Gasteiger partial charge in [0.05, 0.1) is 13.1 Å². The lowest BCUT2D eigenvalue weighted by Gasteiger charge is -2.35. The second kappa shape index (κ2) is 6.59. The van der Waals surface area contributed by atoms with Crippen molar-refractivity contribution in [3.05, 3.63) is 12.7 Å². The predicted molar refractivity (Wildman–Crippen MR) is 86.6 cm³/mol. The topological polar surface area (TPSA) is 63.1 Å². The van der Waals surface area contributed by atoms with Gasteiger partial charge in [0, 0.05) is 12.1 Å². The van der Waals surface area contributed by atoms with E-state index in [0.717, 1.165) is 31.3 Å². The summed E-state index contributed by atoms with van der Waals surface area (Å²) in [5.74, 6) is 1.75. The van der Waals surface area contributed by atoms with E-state index in [4.69, 9.17) is 0 Å². The fraction of sp³-hybridized carbons (Fsp3) is 0.824. The molecule has 1 saturated heterocycles. The Morgan fingerprint density at radius 1 is 1.17 bits per heavy atom. The molecule has 4 rings (SSSR count). The zero-order chi connectivity index (χ0) is 15.6. The first-order chi connectivity index (χ1) is 11.3. The van der Waals surface area contributed by atoms with Gasteiger partial charge >= 0.3 is 0 Å². The van der Waals surface area contributed by atoms with E-state index in [0.29, 0.717) is 18.6 Å². The van der Waals surface area contributed by atoms with Gasteiger partial charge in [0.15, 0.2) is 0 Å². The average molecular weight is 317 g/mol. The van der Waals surface area contributed by atoms with E-state index in [9.17, 15) is 4.79 Å². The molecule has 2 saturated carbocycles. The molecule has 6 nitrogen and oxygen atoms in total. The first-order valence-corrected chi connectivity index (χ1v) is 9.15. The first kappa shape index (κ1) is 15.1. The van der Waals surface area contributed by atoms with E-state index in [1.807, 2.05) is 4.68 Å². The van der Waals surface area contributed by atoms with Crippen molar-refractivity contribution in [1.29, 1.82) is 0 Å². The zero-order valence-electron chi connectivity index (χ0n) is 13.7. The van der Waals surface area contributed by atoms with Crippen LogP contribution in [0.5, 0.6) is 0 Å². The summed E-state index contributed by atoms with van der Waals surface area (Å²) in [5.41, 5.74) is 0. The van der Waals surface area contributed by atoms with Gasteiger partial charge in [-0.05, 0) is 56.9 Å². The molecule has 0 bridgehead atoms. The molecule has 23 heavy (non-hydrogen) atoms. The number of nitrogens with zero attached hydrogens (tertiary/aromatic N) is 4. The Balaban J connectivity index is 1.32. The third kappa shape index (κ3) is 3.91. The summed E-state index contributed by atoms with van der Waals surface area (Å²) in [4.78, 5) is 18.9. The molecule has 0 spiro atoms. The number of amides is 1. The highest BCUT2D eigenvalue weighted by atomic mass is 16.2. The molecule has 6 heteroatoms. The number of carbonyl (C=O) groups is 1. The Labute approximate surface area is 137 Å². The summed E-state index contributed by atoms with van der Waals surface area (Å²) < 4.78 is 1.89. The van der Waals surface area contributed by atoms with Gasteiger partial charge in [-0.2, -0.15) is 5.10 Å². The first-order valence-electron chi connectivity index (χ1n) is 9.15. The number of hydrogen-bond acceptors (Lipinski definition) is 4. The normalized spacial score (nSPS) is 25.7. The predicted octanol–water partition coefficient (Wildman–Crippen LogP) is 1.44. The average Bonchev–Trinajstić information content (AvgIpc) is 3.47. The molecular formula is C17H27N5O. The molecule has 2 aliphatic carbocycles. The second-order valence-corrected chi connectivity index (χ2v) is 7.51. The van der Waals surface area contributed by atoms with E-state index < -0.39 is 0 Å². The molecule has 2 heterocycles. The van der Waals surface area contributed by atoms with E-state index in [1.54, 1.807) is 12.7 Å². The lowest BCUT2D eigenvalue weighted by atomic mass is 10.0. The number of aromatic nitrogens is 3. The lowest BCUT2D eigenvalue weighted by molar-refractivity contribution is -0.124. The van der Waals surface area contributed by atoms with Crippen LogP contribution >= 0.6 is 0 Å². The summed E-state index contributed by atoms with van der Waals surface area (Å²) in [6.07, 6.45) is 12.1. The highest BCUT2D eigenvalue weighted by Gasteiger charge is 2.42. The maximum Gasteiger partial charge on any atom is 0.234 e. The fourth-order valence-electron chi connectivity index (χ4n) is 3.97. The van der Waals surface area contributed by atoms with Crippen molar-refractivity contribution in [3.63, 3.8) is 0 Å². The summed E-state index contributed by atoms with van der Waals surface area (Å²) in [6, 6.07) is 0.859. The highest BCUT2D eigenvalue weighted by molar-refractivity contribution is 5.78. The van der Waals surface area contributed by atoms with Gasteiger partial charge < -0.3 is 5.32 Å². The SMILES string of the molecule is O=C(CN1CCCC[C@H]1Cn1cncn1)NC(C1CC1)C1CC1. The third-order valence-electron chi connectivity index (χ3n) is 5.55. The maximum absolute atomic E-state index is 12.5. The molecule has 1 amide bonds. The molecule has 126 valence electrons. The van der Waals surface area contributed by atoms with Crippen molar-refractivity contribution in [2.45, 2.75) is 63.6 Å². The van der Waals surface area contributed by atoms with Crippen molar-refractivity contribution >= 4 is 5.91 Å². The van der Waals surface area contributed by atoms with Gasteiger partial charge in [0.1, 0.15) is 12.7 Å². The molecule has 3 fully saturated rings. The van der Waals surface area contributed by atoms with Gasteiger partial charge in [-0.1, -0.05) is 6.42 Å². The number of rotatable bonds is 7. The monoisotopic (exact) mass is 317 g/mol. The number of likely N-dealkylation sites (tertiary alicyclic amines) is 1. The Morgan fingerprint density at radius 3 is 2.61 bits per heavy atom. The summed E-state index contributed by atoms with van der Waals surface area (Å²) in [5, 5.41) is 7.57. The van der Waals surface area contributed by atoms with Crippen molar-refractivity contribution in [3.8, 4) is 0 Å². The maximum atomic E-state index is 12.5. The molecule has 0 unspecified atom stereocenters. The van der Waals surface area contributed by atoms with Gasteiger partial charge in [-0.15, -0.1) is 0 Å². The van der Waals surface area contributed by atoms with Gasteiger partial charge in [0.2, 0.25) is 5.91 Å². The Morgan fingerprint density at radius 2 is 1.96 bits per heavy atom. The van der Waals surface area contributed by atoms with Crippen LogP contribution in [0.4, 0.5) is 0 Å². The third-order valence-corrected chi connectivity index (χ3v) is 5.55. The zero-order valence-corrected chi connectivity index (χ0v) is 13.7. The highest BCUT2D eigenvalue weighted by Crippen LogP contribution is 2.44. The molecule has 1 N–H and O–H groups in total. The van der Waals surface area contributed by atoms with Crippen LogP contribution in [0.15, 0.2) is 12.7 Å². The molecular weight excluding hydrogens is 290 g/mol. The van der Waals surface area contributed by atoms with Crippen LogP contribution < -0.4 is 5.32 Å². The van der Waals surface area contributed by atoms with Crippen LogP contribution in [0.3, 0.4) is 0 Å². The quantitative estimate of drug-likeness (QED) is 0.826. The minimum atomic E-state index is 0.222. The Kier molecular flexibility index (Phi) is 4.33. The van der Waals surface area contributed by atoms with Crippen LogP contribution in [0.1, 0.15) is 44.9 Å². The van der Waals surface area contributed by atoms with E-state index >= 15 is 0 Å². The van der Waals surface area contributed by atoms with Gasteiger partial charge in [-0.3, -0.25) is 14.4 Å². The number of carbonyl (C=O) groups excluding carboxylic acids is 1. The lowest BCUT2D eigenvalue weighted by Crippen LogP contribution is -2.49. The van der Waals surface area contributed by atoms with E-state index in [-0.39, 0.29) is 5.91 Å². The molecule has 1 aliphatic heterocycles. The number of piperidine rings is 1. The summed E-state index contributed by atoms with van der Waals surface area (Å²) in [7, 11) is 0. The van der Waals surface area contributed by atoms with Gasteiger partial charge in [0.25, 0.3) is 0 Å². The van der Waals surface area contributed by atoms with Crippen LogP contribution in [0, 0.1) is 11.8 Å². The second-order valence-electron chi connectivity index (χ2n) is 7.51.